The topological polar surface area (TPSA) is 49.9 Å². The van der Waals surface area contributed by atoms with Crippen LogP contribution in [0.3, 0.4) is 0 Å². The van der Waals surface area contributed by atoms with E-state index in [-0.39, 0.29) is 24.5 Å². The van der Waals surface area contributed by atoms with Gasteiger partial charge in [-0.1, -0.05) is 61.9 Å². The Morgan fingerprint density at radius 1 is 0.944 bits per heavy atom. The molecule has 1 atom stereocenters. The zero-order chi connectivity index (χ0) is 25.2. The van der Waals surface area contributed by atoms with Crippen LogP contribution in [-0.2, 0) is 29.0 Å². The highest BCUT2D eigenvalue weighted by Gasteiger charge is 2.27. The van der Waals surface area contributed by atoms with Gasteiger partial charge in [-0.3, -0.25) is 9.59 Å². The summed E-state index contributed by atoms with van der Waals surface area (Å²) in [4.78, 5) is 31.9. The molecule has 0 saturated carbocycles. The number of thiophene rings is 1. The summed E-state index contributed by atoms with van der Waals surface area (Å²) >= 11 is 1.64. The third kappa shape index (κ3) is 7.52. The fourth-order valence-corrected chi connectivity index (χ4v) is 5.24. The lowest BCUT2D eigenvalue weighted by molar-refractivity contribution is -0.133. The first-order valence-electron chi connectivity index (χ1n) is 13.0. The molecule has 1 aliphatic rings. The van der Waals surface area contributed by atoms with E-state index in [4.69, 9.17) is 4.74 Å². The standard InChI is InChI=1S/C30H36N2O3S/c1-2-3-9-24-14-16-26(17-15-24)30(34)32(21-27-12-7-18-35-27)23-29(33)31(22-28-13-8-19-36-28)20-25-10-5-4-6-11-25/h4-6,8,10-11,13-17,19,27H,2-3,7,9,12,18,20-23H2,1H3. The molecule has 6 heteroatoms. The third-order valence-electron chi connectivity index (χ3n) is 6.58. The van der Waals surface area contributed by atoms with E-state index >= 15 is 0 Å². The third-order valence-corrected chi connectivity index (χ3v) is 7.44. The summed E-state index contributed by atoms with van der Waals surface area (Å²) < 4.78 is 5.84. The van der Waals surface area contributed by atoms with Crippen molar-refractivity contribution in [3.05, 3.63) is 93.7 Å². The van der Waals surface area contributed by atoms with E-state index in [2.05, 4.69) is 6.92 Å². The highest BCUT2D eigenvalue weighted by molar-refractivity contribution is 7.09. The summed E-state index contributed by atoms with van der Waals surface area (Å²) in [5, 5.41) is 2.03. The number of amides is 2. The fraction of sp³-hybridized carbons (Fsp3) is 0.400. The number of rotatable bonds is 12. The molecule has 1 aliphatic heterocycles. The van der Waals surface area contributed by atoms with Crippen LogP contribution in [0.2, 0.25) is 0 Å². The van der Waals surface area contributed by atoms with Crippen LogP contribution in [0, 0.1) is 0 Å². The Hall–Kier alpha value is -2.96. The lowest BCUT2D eigenvalue weighted by Gasteiger charge is -2.29. The minimum Gasteiger partial charge on any atom is -0.376 e. The predicted octanol–water partition coefficient (Wildman–Crippen LogP) is 5.94. The number of aryl methyl sites for hydroxylation is 1. The van der Waals surface area contributed by atoms with Gasteiger partial charge in [0.25, 0.3) is 5.91 Å². The normalized spacial score (nSPS) is 15.1. The summed E-state index contributed by atoms with van der Waals surface area (Å²) in [5.41, 5.74) is 2.93. The van der Waals surface area contributed by atoms with Crippen molar-refractivity contribution in [1.82, 2.24) is 9.80 Å². The van der Waals surface area contributed by atoms with Crippen LogP contribution in [-0.4, -0.2) is 47.4 Å². The second kappa shape index (κ2) is 13.4. The average Bonchev–Trinajstić information content (AvgIpc) is 3.62. The predicted molar refractivity (Wildman–Crippen MR) is 145 cm³/mol. The SMILES string of the molecule is CCCCc1ccc(C(=O)N(CC(=O)N(Cc2ccccc2)Cc2cccs2)CC2CCCO2)cc1. The smallest absolute Gasteiger partial charge is 0.254 e. The summed E-state index contributed by atoms with van der Waals surface area (Å²) in [5.74, 6) is -0.171. The Balaban J connectivity index is 1.51. The number of benzene rings is 2. The summed E-state index contributed by atoms with van der Waals surface area (Å²) in [6.45, 7) is 4.39. The van der Waals surface area contributed by atoms with Crippen LogP contribution in [0.15, 0.2) is 72.1 Å². The maximum atomic E-state index is 13.7. The molecule has 1 unspecified atom stereocenters. The first kappa shape index (κ1) is 26.1. The van der Waals surface area contributed by atoms with Crippen molar-refractivity contribution < 1.29 is 14.3 Å². The molecule has 1 saturated heterocycles. The largest absolute Gasteiger partial charge is 0.376 e. The highest BCUT2D eigenvalue weighted by Crippen LogP contribution is 2.19. The van der Waals surface area contributed by atoms with Crippen molar-refractivity contribution in [2.45, 2.75) is 58.2 Å². The van der Waals surface area contributed by atoms with Gasteiger partial charge in [-0.25, -0.2) is 0 Å². The van der Waals surface area contributed by atoms with Crippen molar-refractivity contribution in [2.24, 2.45) is 0 Å². The first-order valence-corrected chi connectivity index (χ1v) is 13.8. The number of carbonyl (C=O) groups excluding carboxylic acids is 2. The summed E-state index contributed by atoms with van der Waals surface area (Å²) in [7, 11) is 0. The molecule has 0 aliphatic carbocycles. The van der Waals surface area contributed by atoms with Crippen LogP contribution in [0.5, 0.6) is 0 Å². The number of hydrogen-bond acceptors (Lipinski definition) is 4. The van der Waals surface area contributed by atoms with Gasteiger partial charge in [-0.15, -0.1) is 11.3 Å². The minimum absolute atomic E-state index is 0.0227. The molecule has 4 rings (SSSR count). The van der Waals surface area contributed by atoms with Crippen molar-refractivity contribution in [1.29, 1.82) is 0 Å². The molecular formula is C30H36N2O3S. The number of carbonyl (C=O) groups is 2. The van der Waals surface area contributed by atoms with Crippen molar-refractivity contribution in [3.8, 4) is 0 Å². The molecule has 2 aromatic carbocycles. The fourth-order valence-electron chi connectivity index (χ4n) is 4.52. The molecule has 1 aromatic heterocycles. The zero-order valence-corrected chi connectivity index (χ0v) is 21.9. The van der Waals surface area contributed by atoms with Crippen molar-refractivity contribution >= 4 is 23.2 Å². The maximum Gasteiger partial charge on any atom is 0.254 e. The van der Waals surface area contributed by atoms with E-state index in [1.807, 2.05) is 77.0 Å². The number of hydrogen-bond donors (Lipinski definition) is 0. The van der Waals surface area contributed by atoms with Crippen LogP contribution in [0.1, 0.15) is 59.0 Å². The molecule has 190 valence electrons. The molecule has 36 heavy (non-hydrogen) atoms. The lowest BCUT2D eigenvalue weighted by atomic mass is 10.1. The molecule has 0 radical (unpaired) electrons. The van der Waals surface area contributed by atoms with Crippen LogP contribution in [0.4, 0.5) is 0 Å². The van der Waals surface area contributed by atoms with Gasteiger partial charge in [-0.05, 0) is 60.4 Å². The summed E-state index contributed by atoms with van der Waals surface area (Å²) in [6, 6.07) is 21.9. The van der Waals surface area contributed by atoms with Gasteiger partial charge < -0.3 is 14.5 Å². The Labute approximate surface area is 218 Å². The molecular weight excluding hydrogens is 468 g/mol. The van der Waals surface area contributed by atoms with Crippen LogP contribution >= 0.6 is 11.3 Å². The van der Waals surface area contributed by atoms with E-state index in [0.29, 0.717) is 31.8 Å². The monoisotopic (exact) mass is 504 g/mol. The zero-order valence-electron chi connectivity index (χ0n) is 21.1. The Morgan fingerprint density at radius 2 is 1.75 bits per heavy atom. The van der Waals surface area contributed by atoms with Gasteiger partial charge in [0, 0.05) is 30.1 Å². The van der Waals surface area contributed by atoms with E-state index in [1.165, 1.54) is 5.56 Å². The van der Waals surface area contributed by atoms with Crippen molar-refractivity contribution in [2.75, 3.05) is 19.7 Å². The Bertz CT molecular complexity index is 1080. The second-order valence-electron chi connectivity index (χ2n) is 9.44. The Kier molecular flexibility index (Phi) is 9.70. The number of ether oxygens (including phenoxy) is 1. The minimum atomic E-state index is -0.114. The summed E-state index contributed by atoms with van der Waals surface area (Å²) in [6.07, 6.45) is 5.17. The number of nitrogens with zero attached hydrogens (tertiary/aromatic N) is 2. The van der Waals surface area contributed by atoms with Gasteiger partial charge in [-0.2, -0.15) is 0 Å². The lowest BCUT2D eigenvalue weighted by Crippen LogP contribution is -2.45. The molecule has 3 aromatic rings. The van der Waals surface area contributed by atoms with Crippen LogP contribution in [0.25, 0.3) is 0 Å². The van der Waals surface area contributed by atoms with E-state index < -0.39 is 0 Å². The number of unbranched alkanes of at least 4 members (excludes halogenated alkanes) is 1. The molecule has 5 nitrogen and oxygen atoms in total. The van der Waals surface area contributed by atoms with E-state index in [9.17, 15) is 9.59 Å². The van der Waals surface area contributed by atoms with Gasteiger partial charge in [0.05, 0.1) is 12.6 Å². The van der Waals surface area contributed by atoms with Crippen molar-refractivity contribution in [3.63, 3.8) is 0 Å². The maximum absolute atomic E-state index is 13.7. The molecule has 0 N–H and O–H groups in total. The molecule has 2 heterocycles. The highest BCUT2D eigenvalue weighted by atomic mass is 32.1. The molecule has 0 spiro atoms. The quantitative estimate of drug-likeness (QED) is 0.307. The van der Waals surface area contributed by atoms with Crippen LogP contribution < -0.4 is 0 Å². The van der Waals surface area contributed by atoms with Gasteiger partial charge in [0.1, 0.15) is 6.54 Å². The van der Waals surface area contributed by atoms with Gasteiger partial charge in [0.15, 0.2) is 0 Å². The van der Waals surface area contributed by atoms with Gasteiger partial charge in [0.2, 0.25) is 5.91 Å². The Morgan fingerprint density at radius 3 is 2.42 bits per heavy atom. The average molecular weight is 505 g/mol. The molecule has 2 amide bonds. The first-order chi connectivity index (χ1) is 17.6. The second-order valence-corrected chi connectivity index (χ2v) is 10.5. The van der Waals surface area contributed by atoms with E-state index in [0.717, 1.165) is 42.5 Å². The van der Waals surface area contributed by atoms with E-state index in [1.54, 1.807) is 16.2 Å². The molecule has 0 bridgehead atoms. The van der Waals surface area contributed by atoms with Gasteiger partial charge >= 0.3 is 0 Å². The molecule has 1 fully saturated rings.